The van der Waals surface area contributed by atoms with Crippen molar-refractivity contribution in [2.45, 2.75) is 38.7 Å². The molecule has 0 radical (unpaired) electrons. The van der Waals surface area contributed by atoms with E-state index in [4.69, 9.17) is 11.6 Å². The van der Waals surface area contributed by atoms with Crippen LogP contribution < -0.4 is 0 Å². The third-order valence-electron chi connectivity index (χ3n) is 1.42. The van der Waals surface area contributed by atoms with Gasteiger partial charge in [-0.3, -0.25) is 0 Å². The molecule has 0 aromatic rings. The van der Waals surface area contributed by atoms with Crippen LogP contribution in [0.1, 0.15) is 32.6 Å². The number of rotatable bonds is 4. The molecule has 11 heavy (non-hydrogen) atoms. The van der Waals surface area contributed by atoms with Crippen molar-refractivity contribution in [3.8, 4) is 11.8 Å². The molecule has 0 amide bonds. The topological polar surface area (TPSA) is 20.2 Å². The number of hydrogen-bond acceptors (Lipinski definition) is 1. The molecule has 0 saturated carbocycles. The van der Waals surface area contributed by atoms with Crippen LogP contribution in [0.2, 0.25) is 0 Å². The third-order valence-corrected chi connectivity index (χ3v) is 1.55. The maximum Gasteiger partial charge on any atom is 0.114 e. The SMILES string of the molecule is CCCCC[C@@H](O)C#CCCl. The Kier molecular flexibility index (Phi) is 7.78. The predicted molar refractivity (Wildman–Crippen MR) is 48.6 cm³/mol. The second-order valence-corrected chi connectivity index (χ2v) is 2.73. The summed E-state index contributed by atoms with van der Waals surface area (Å²) in [5.41, 5.74) is 0. The normalized spacial score (nSPS) is 11.9. The lowest BCUT2D eigenvalue weighted by atomic mass is 10.1. The van der Waals surface area contributed by atoms with Crippen molar-refractivity contribution < 1.29 is 5.11 Å². The molecule has 0 aromatic heterocycles. The highest BCUT2D eigenvalue weighted by Gasteiger charge is 1.96. The van der Waals surface area contributed by atoms with Gasteiger partial charge in [-0.1, -0.05) is 31.6 Å². The van der Waals surface area contributed by atoms with Gasteiger partial charge in [-0.25, -0.2) is 0 Å². The Morgan fingerprint density at radius 3 is 2.73 bits per heavy atom. The fourth-order valence-electron chi connectivity index (χ4n) is 0.816. The Hall–Kier alpha value is -0.190. The van der Waals surface area contributed by atoms with Gasteiger partial charge in [-0.15, -0.1) is 11.6 Å². The largest absolute Gasteiger partial charge is 0.380 e. The van der Waals surface area contributed by atoms with Gasteiger partial charge in [0.15, 0.2) is 0 Å². The van der Waals surface area contributed by atoms with Crippen molar-refractivity contribution in [3.63, 3.8) is 0 Å². The Balaban J connectivity index is 3.29. The molecule has 2 heteroatoms. The lowest BCUT2D eigenvalue weighted by molar-refractivity contribution is 0.217. The molecule has 1 nitrogen and oxygen atoms in total. The standard InChI is InChI=1S/C9H15ClO/c1-2-3-4-6-9(11)7-5-8-10/h9,11H,2-4,6,8H2,1H3/t9-/m1/s1. The molecule has 0 saturated heterocycles. The molecule has 0 aliphatic rings. The molecule has 1 N–H and O–H groups in total. The number of alkyl halides is 1. The van der Waals surface area contributed by atoms with E-state index in [0.717, 1.165) is 12.8 Å². The van der Waals surface area contributed by atoms with E-state index in [1.54, 1.807) is 0 Å². The quantitative estimate of drug-likeness (QED) is 0.394. The molecule has 0 heterocycles. The monoisotopic (exact) mass is 174 g/mol. The molecule has 0 aliphatic heterocycles. The second-order valence-electron chi connectivity index (χ2n) is 2.47. The van der Waals surface area contributed by atoms with Crippen LogP contribution in [0, 0.1) is 11.8 Å². The van der Waals surface area contributed by atoms with Crippen molar-refractivity contribution in [1.82, 2.24) is 0 Å². The fourth-order valence-corrected chi connectivity index (χ4v) is 0.893. The van der Waals surface area contributed by atoms with Crippen LogP contribution in [0.3, 0.4) is 0 Å². The highest BCUT2D eigenvalue weighted by molar-refractivity contribution is 6.19. The van der Waals surface area contributed by atoms with Crippen LogP contribution in [-0.4, -0.2) is 17.1 Å². The molecule has 0 rings (SSSR count). The maximum atomic E-state index is 9.17. The fraction of sp³-hybridized carbons (Fsp3) is 0.778. The first-order valence-corrected chi connectivity index (χ1v) is 4.57. The maximum absolute atomic E-state index is 9.17. The number of aliphatic hydroxyl groups excluding tert-OH is 1. The first-order valence-electron chi connectivity index (χ1n) is 4.03. The smallest absolute Gasteiger partial charge is 0.114 e. The molecule has 0 unspecified atom stereocenters. The van der Waals surface area contributed by atoms with Gasteiger partial charge in [-0.05, 0) is 12.8 Å². The summed E-state index contributed by atoms with van der Waals surface area (Å²) in [6.07, 6.45) is 3.70. The van der Waals surface area contributed by atoms with Gasteiger partial charge in [-0.2, -0.15) is 0 Å². The van der Waals surface area contributed by atoms with Crippen molar-refractivity contribution in [1.29, 1.82) is 0 Å². The van der Waals surface area contributed by atoms with Crippen molar-refractivity contribution in [2.24, 2.45) is 0 Å². The van der Waals surface area contributed by atoms with Crippen LogP contribution in [-0.2, 0) is 0 Å². The van der Waals surface area contributed by atoms with Crippen LogP contribution in [0.4, 0.5) is 0 Å². The summed E-state index contributed by atoms with van der Waals surface area (Å²) >= 11 is 5.32. The van der Waals surface area contributed by atoms with Gasteiger partial charge >= 0.3 is 0 Å². The van der Waals surface area contributed by atoms with Gasteiger partial charge in [0.1, 0.15) is 6.10 Å². The summed E-state index contributed by atoms with van der Waals surface area (Å²) < 4.78 is 0. The lowest BCUT2D eigenvalue weighted by Crippen LogP contribution is -2.01. The van der Waals surface area contributed by atoms with Gasteiger partial charge < -0.3 is 5.11 Å². The van der Waals surface area contributed by atoms with E-state index in [2.05, 4.69) is 18.8 Å². The van der Waals surface area contributed by atoms with E-state index in [1.807, 2.05) is 0 Å². The van der Waals surface area contributed by atoms with Crippen LogP contribution >= 0.6 is 11.6 Å². The highest BCUT2D eigenvalue weighted by Crippen LogP contribution is 2.01. The molecule has 0 fully saturated rings. The average Bonchev–Trinajstić information content (AvgIpc) is 2.01. The Morgan fingerprint density at radius 2 is 2.18 bits per heavy atom. The van der Waals surface area contributed by atoms with Crippen LogP contribution in [0.15, 0.2) is 0 Å². The number of halogens is 1. The van der Waals surface area contributed by atoms with E-state index in [0.29, 0.717) is 5.88 Å². The Morgan fingerprint density at radius 1 is 1.45 bits per heavy atom. The Labute approximate surface area is 73.8 Å². The number of unbranched alkanes of at least 4 members (excludes halogenated alkanes) is 2. The van der Waals surface area contributed by atoms with E-state index in [9.17, 15) is 5.11 Å². The van der Waals surface area contributed by atoms with Gasteiger partial charge in [0, 0.05) is 0 Å². The third kappa shape index (κ3) is 7.71. The minimum atomic E-state index is -0.472. The average molecular weight is 175 g/mol. The lowest BCUT2D eigenvalue weighted by Gasteiger charge is -2.00. The minimum absolute atomic E-state index is 0.310. The molecule has 0 spiro atoms. The van der Waals surface area contributed by atoms with Crippen molar-refractivity contribution in [2.75, 3.05) is 5.88 Å². The Bertz CT molecular complexity index is 134. The van der Waals surface area contributed by atoms with Gasteiger partial charge in [0.25, 0.3) is 0 Å². The summed E-state index contributed by atoms with van der Waals surface area (Å²) in [5.74, 6) is 5.62. The molecule has 64 valence electrons. The number of hydrogen-bond donors (Lipinski definition) is 1. The first kappa shape index (κ1) is 10.8. The van der Waals surface area contributed by atoms with Crippen molar-refractivity contribution in [3.05, 3.63) is 0 Å². The zero-order valence-corrected chi connectivity index (χ0v) is 7.69. The minimum Gasteiger partial charge on any atom is -0.380 e. The van der Waals surface area contributed by atoms with E-state index in [1.165, 1.54) is 12.8 Å². The zero-order chi connectivity index (χ0) is 8.53. The van der Waals surface area contributed by atoms with E-state index in [-0.39, 0.29) is 0 Å². The molecule has 0 aliphatic carbocycles. The van der Waals surface area contributed by atoms with Crippen molar-refractivity contribution >= 4 is 11.6 Å². The van der Waals surface area contributed by atoms with E-state index >= 15 is 0 Å². The van der Waals surface area contributed by atoms with Crippen LogP contribution in [0.5, 0.6) is 0 Å². The predicted octanol–water partition coefficient (Wildman–Crippen LogP) is 2.17. The summed E-state index contributed by atoms with van der Waals surface area (Å²) in [7, 11) is 0. The molecule has 1 atom stereocenters. The molecular weight excluding hydrogens is 160 g/mol. The van der Waals surface area contributed by atoms with Gasteiger partial charge in [0.2, 0.25) is 0 Å². The zero-order valence-electron chi connectivity index (χ0n) is 6.94. The summed E-state index contributed by atoms with van der Waals surface area (Å²) in [5, 5.41) is 9.17. The second kappa shape index (κ2) is 7.91. The number of aliphatic hydroxyl groups is 1. The summed E-state index contributed by atoms with van der Waals surface area (Å²) in [4.78, 5) is 0. The molecule has 0 bridgehead atoms. The molecule has 0 aromatic carbocycles. The first-order chi connectivity index (χ1) is 5.31. The van der Waals surface area contributed by atoms with Crippen LogP contribution in [0.25, 0.3) is 0 Å². The summed E-state index contributed by atoms with van der Waals surface area (Å²) in [6, 6.07) is 0. The van der Waals surface area contributed by atoms with Gasteiger partial charge in [0.05, 0.1) is 5.88 Å². The van der Waals surface area contributed by atoms with E-state index < -0.39 is 6.10 Å². The summed E-state index contributed by atoms with van der Waals surface area (Å²) in [6.45, 7) is 2.14. The highest BCUT2D eigenvalue weighted by atomic mass is 35.5. The molecular formula is C9H15ClO.